The number of hydrogen-bond donors (Lipinski definition) is 3. The summed E-state index contributed by atoms with van der Waals surface area (Å²) >= 11 is 1.31. The molecule has 0 aromatic rings. The molecule has 5 atom stereocenters. The second kappa shape index (κ2) is 4.33. The molecule has 2 heterocycles. The normalized spacial score (nSPS) is 42.5. The van der Waals surface area contributed by atoms with Crippen LogP contribution in [0.2, 0.25) is 0 Å². The summed E-state index contributed by atoms with van der Waals surface area (Å²) in [5.41, 5.74) is -0.408. The van der Waals surface area contributed by atoms with Gasteiger partial charge < -0.3 is 20.3 Å². The highest BCUT2D eigenvalue weighted by atomic mass is 32.2. The number of carbonyl (C=O) groups is 1. The summed E-state index contributed by atoms with van der Waals surface area (Å²) < 4.78 is 5.44. The molecule has 0 saturated carbocycles. The molecule has 0 spiro atoms. The van der Waals surface area contributed by atoms with E-state index in [1.807, 2.05) is 0 Å². The molecule has 0 bridgehead atoms. The number of nitrogens with zero attached hydrogens (tertiary/aromatic N) is 1. The van der Waals surface area contributed by atoms with Crippen molar-refractivity contribution in [2.75, 3.05) is 7.05 Å². The Morgan fingerprint density at radius 2 is 2.19 bits per heavy atom. The number of carbonyl (C=O) groups excluding carboxylic acids is 1. The monoisotopic (exact) mass is 246 g/mol. The quantitative estimate of drug-likeness (QED) is 0.533. The minimum atomic E-state index is -1.21. The first kappa shape index (κ1) is 11.8. The molecule has 2 aliphatic heterocycles. The smallest absolute Gasteiger partial charge is 0.161 e. The van der Waals surface area contributed by atoms with Gasteiger partial charge in [0.25, 0.3) is 0 Å². The number of ether oxygens (including phenoxy) is 1. The van der Waals surface area contributed by atoms with E-state index in [0.717, 1.165) is 0 Å². The summed E-state index contributed by atoms with van der Waals surface area (Å²) in [6.45, 7) is 1.33. The van der Waals surface area contributed by atoms with E-state index in [0.29, 0.717) is 5.17 Å². The maximum absolute atomic E-state index is 11.2. The first-order valence-electron chi connectivity index (χ1n) is 4.99. The van der Waals surface area contributed by atoms with E-state index in [2.05, 4.69) is 10.3 Å². The van der Waals surface area contributed by atoms with Crippen molar-refractivity contribution in [3.63, 3.8) is 0 Å². The molecule has 16 heavy (non-hydrogen) atoms. The van der Waals surface area contributed by atoms with E-state index < -0.39 is 29.8 Å². The Labute approximate surface area is 97.1 Å². The van der Waals surface area contributed by atoms with E-state index in [1.165, 1.54) is 18.7 Å². The molecule has 0 unspecified atom stereocenters. The first-order valence-corrected chi connectivity index (χ1v) is 5.87. The van der Waals surface area contributed by atoms with E-state index in [-0.39, 0.29) is 5.78 Å². The van der Waals surface area contributed by atoms with Gasteiger partial charge in [0, 0.05) is 7.05 Å². The van der Waals surface area contributed by atoms with Gasteiger partial charge in [-0.05, 0) is 6.92 Å². The molecule has 0 radical (unpaired) electrons. The molecule has 2 rings (SSSR count). The van der Waals surface area contributed by atoms with Crippen LogP contribution >= 0.6 is 11.8 Å². The predicted molar refractivity (Wildman–Crippen MR) is 59.2 cm³/mol. The van der Waals surface area contributed by atoms with Crippen molar-refractivity contribution in [2.24, 2.45) is 4.99 Å². The Balaban J connectivity index is 2.17. The maximum atomic E-state index is 11.2. The van der Waals surface area contributed by atoms with Gasteiger partial charge in [-0.3, -0.25) is 9.79 Å². The largest absolute Gasteiger partial charge is 0.388 e. The third kappa shape index (κ3) is 1.84. The van der Waals surface area contributed by atoms with Gasteiger partial charge in [0.15, 0.2) is 11.0 Å². The van der Waals surface area contributed by atoms with Crippen molar-refractivity contribution in [3.05, 3.63) is 0 Å². The molecule has 3 N–H and O–H groups in total. The molecule has 0 aromatic heterocycles. The van der Waals surface area contributed by atoms with E-state index >= 15 is 0 Å². The minimum Gasteiger partial charge on any atom is -0.388 e. The lowest BCUT2D eigenvalue weighted by Gasteiger charge is -2.36. The van der Waals surface area contributed by atoms with Crippen LogP contribution in [0.3, 0.4) is 0 Å². The summed E-state index contributed by atoms with van der Waals surface area (Å²) in [6, 6.07) is -0.516. The Kier molecular flexibility index (Phi) is 3.20. The molecule has 1 fully saturated rings. The van der Waals surface area contributed by atoms with Crippen LogP contribution in [0.25, 0.3) is 0 Å². The summed E-state index contributed by atoms with van der Waals surface area (Å²) in [4.78, 5) is 15.4. The van der Waals surface area contributed by atoms with Crippen LogP contribution < -0.4 is 5.32 Å². The van der Waals surface area contributed by atoms with Crippen molar-refractivity contribution in [1.82, 2.24) is 5.32 Å². The number of aliphatic hydroxyl groups is 2. The number of hydrogen-bond acceptors (Lipinski definition) is 7. The second-order valence-electron chi connectivity index (χ2n) is 3.81. The van der Waals surface area contributed by atoms with Gasteiger partial charge in [0.05, 0.1) is 0 Å². The third-order valence-electron chi connectivity index (χ3n) is 2.68. The van der Waals surface area contributed by atoms with Crippen molar-refractivity contribution in [1.29, 1.82) is 0 Å². The highest BCUT2D eigenvalue weighted by Crippen LogP contribution is 2.35. The van der Waals surface area contributed by atoms with Crippen LogP contribution in [-0.4, -0.2) is 58.0 Å². The number of amidine groups is 1. The number of aliphatic imine (C=N–C) groups is 1. The molecule has 90 valence electrons. The van der Waals surface area contributed by atoms with Gasteiger partial charge in [-0.25, -0.2) is 0 Å². The van der Waals surface area contributed by atoms with Gasteiger partial charge in [0.2, 0.25) is 0 Å². The Hall–Kier alpha value is -0.630. The number of nitrogens with one attached hydrogen (secondary N) is 1. The number of ketones is 1. The minimum absolute atomic E-state index is 0.288. The standard InChI is InChI=1S/C9H14N2O4S/c1-3(12)7-6(14)5(13)4-8(15-7)16-9(10-2)11-4/h4-8,13-14H,1-2H3,(H,10,11)/t4-,5-,6+,7-,8-/m1/s1. The van der Waals surface area contributed by atoms with Crippen molar-refractivity contribution in [3.8, 4) is 0 Å². The van der Waals surface area contributed by atoms with Crippen LogP contribution in [0.5, 0.6) is 0 Å². The predicted octanol–water partition coefficient (Wildman–Crippen LogP) is -1.29. The number of aliphatic hydroxyl groups excluding tert-OH is 2. The fourth-order valence-electron chi connectivity index (χ4n) is 1.82. The van der Waals surface area contributed by atoms with Gasteiger partial charge >= 0.3 is 0 Å². The summed E-state index contributed by atoms with van der Waals surface area (Å²) in [5.74, 6) is -0.288. The van der Waals surface area contributed by atoms with E-state index in [4.69, 9.17) is 4.74 Å². The average molecular weight is 246 g/mol. The molecule has 0 amide bonds. The number of thioether (sulfide) groups is 1. The van der Waals surface area contributed by atoms with Crippen molar-refractivity contribution < 1.29 is 19.7 Å². The highest BCUT2D eigenvalue weighted by Gasteiger charge is 2.49. The molecule has 2 aliphatic rings. The van der Waals surface area contributed by atoms with Crippen molar-refractivity contribution in [2.45, 2.75) is 36.7 Å². The SMILES string of the molecule is CNC1=N[C@@H]2[C@@H](O)[C@H](O)[C@@H](C(C)=O)O[C@@H]2S1. The first-order chi connectivity index (χ1) is 7.54. The zero-order valence-electron chi connectivity index (χ0n) is 8.95. The van der Waals surface area contributed by atoms with Gasteiger partial charge in [-0.1, -0.05) is 11.8 Å². The molecule has 0 aliphatic carbocycles. The van der Waals surface area contributed by atoms with Crippen LogP contribution in [-0.2, 0) is 9.53 Å². The van der Waals surface area contributed by atoms with Crippen LogP contribution in [0, 0.1) is 0 Å². The zero-order chi connectivity index (χ0) is 11.9. The third-order valence-corrected chi connectivity index (χ3v) is 3.83. The number of fused-ring (bicyclic) bond motifs is 1. The van der Waals surface area contributed by atoms with Crippen LogP contribution in [0.1, 0.15) is 6.92 Å². The second-order valence-corrected chi connectivity index (χ2v) is 4.90. The lowest BCUT2D eigenvalue weighted by molar-refractivity contribution is -0.167. The topological polar surface area (TPSA) is 91.2 Å². The zero-order valence-corrected chi connectivity index (χ0v) is 9.77. The Morgan fingerprint density at radius 3 is 2.75 bits per heavy atom. The van der Waals surface area contributed by atoms with Gasteiger partial charge in [-0.2, -0.15) is 0 Å². The summed E-state index contributed by atoms with van der Waals surface area (Å²) in [7, 11) is 1.72. The molecule has 0 aromatic carbocycles. The summed E-state index contributed by atoms with van der Waals surface area (Å²) in [5, 5.41) is 23.1. The molecular formula is C9H14N2O4S. The lowest BCUT2D eigenvalue weighted by Crippen LogP contribution is -2.56. The molecule has 1 saturated heterocycles. The van der Waals surface area contributed by atoms with Gasteiger partial charge in [0.1, 0.15) is 29.8 Å². The summed E-state index contributed by atoms with van der Waals surface area (Å²) in [6.07, 6.45) is -3.24. The Bertz CT molecular complexity index is 335. The number of rotatable bonds is 1. The fourth-order valence-corrected chi connectivity index (χ4v) is 2.87. The van der Waals surface area contributed by atoms with E-state index in [1.54, 1.807) is 7.05 Å². The molecule has 6 nitrogen and oxygen atoms in total. The lowest BCUT2D eigenvalue weighted by atomic mass is 9.96. The van der Waals surface area contributed by atoms with Crippen LogP contribution in [0.15, 0.2) is 4.99 Å². The molecule has 7 heteroatoms. The van der Waals surface area contributed by atoms with Crippen LogP contribution in [0.4, 0.5) is 0 Å². The number of Topliss-reactive ketones (excluding diaryl/α,β-unsaturated/α-hetero) is 1. The van der Waals surface area contributed by atoms with Gasteiger partial charge in [-0.15, -0.1) is 0 Å². The van der Waals surface area contributed by atoms with E-state index in [9.17, 15) is 15.0 Å². The maximum Gasteiger partial charge on any atom is 0.161 e. The van der Waals surface area contributed by atoms with Crippen molar-refractivity contribution >= 4 is 22.7 Å². The average Bonchev–Trinajstić information content (AvgIpc) is 2.66. The Morgan fingerprint density at radius 1 is 1.50 bits per heavy atom. The molecular weight excluding hydrogens is 232 g/mol. The fraction of sp³-hybridized carbons (Fsp3) is 0.778. The highest BCUT2D eigenvalue weighted by molar-refractivity contribution is 8.14.